The van der Waals surface area contributed by atoms with Crippen LogP contribution in [0, 0.1) is 6.07 Å². The minimum Gasteiger partial charge on any atom is -0.573 e. The number of benzene rings is 4. The number of hydrogen-bond acceptors (Lipinski definition) is 3. The normalized spacial score (nSPS) is 11.9. The smallest absolute Gasteiger partial charge is 0.573 e. The SMILES string of the molecule is CC(C)(C)c1ccnc(-n2c3[c-]c(-n4c5ccccc5c5ccc(-c6cc(-c7ccccc7)n[n-]6)nc54)ccc3c3ccccc32)c1.[Pt+2]. The molecule has 0 atom stereocenters. The summed E-state index contributed by atoms with van der Waals surface area (Å²) in [7, 11) is 0. The van der Waals surface area contributed by atoms with Gasteiger partial charge in [-0.05, 0) is 64.4 Å². The third-order valence-corrected chi connectivity index (χ3v) is 9.04. The first kappa shape index (κ1) is 30.0. The molecule has 0 bridgehead atoms. The van der Waals surface area contributed by atoms with E-state index < -0.39 is 0 Å². The van der Waals surface area contributed by atoms with Gasteiger partial charge in [0.05, 0.1) is 11.2 Å². The largest absolute Gasteiger partial charge is 2.00 e. The van der Waals surface area contributed by atoms with Crippen molar-refractivity contribution in [2.75, 3.05) is 0 Å². The van der Waals surface area contributed by atoms with Crippen molar-refractivity contribution in [1.82, 2.24) is 29.3 Å². The maximum Gasteiger partial charge on any atom is 2.00 e. The van der Waals surface area contributed by atoms with Crippen LogP contribution < -0.4 is 5.10 Å². The number of rotatable bonds is 4. The molecule has 4 aromatic carbocycles. The topological polar surface area (TPSA) is 62.6 Å². The van der Waals surface area contributed by atoms with Crippen molar-refractivity contribution in [2.24, 2.45) is 0 Å². The Balaban J connectivity index is 0.00000336. The van der Waals surface area contributed by atoms with E-state index in [1.807, 2.05) is 48.7 Å². The van der Waals surface area contributed by atoms with Gasteiger partial charge in [-0.3, -0.25) is 0 Å². The number of fused-ring (bicyclic) bond motifs is 6. The minimum absolute atomic E-state index is 0. The summed E-state index contributed by atoms with van der Waals surface area (Å²) in [4.78, 5) is 10.1. The Bertz CT molecular complexity index is 2620. The fourth-order valence-corrected chi connectivity index (χ4v) is 6.65. The third kappa shape index (κ3) is 4.79. The van der Waals surface area contributed by atoms with Gasteiger partial charge in [0, 0.05) is 28.2 Å². The van der Waals surface area contributed by atoms with E-state index in [0.717, 1.165) is 72.5 Å². The fourth-order valence-electron chi connectivity index (χ4n) is 6.65. The molecule has 9 aromatic rings. The van der Waals surface area contributed by atoms with Gasteiger partial charge in [-0.2, -0.15) is 6.07 Å². The van der Waals surface area contributed by atoms with Gasteiger partial charge in [0.1, 0.15) is 11.5 Å². The summed E-state index contributed by atoms with van der Waals surface area (Å²) in [5.74, 6) is 0.878. The average molecular weight is 802 g/mol. The van der Waals surface area contributed by atoms with Crippen LogP contribution >= 0.6 is 0 Å². The molecule has 0 unspecified atom stereocenters. The van der Waals surface area contributed by atoms with Gasteiger partial charge in [-0.1, -0.05) is 104 Å². The quantitative estimate of drug-likeness (QED) is 0.167. The van der Waals surface area contributed by atoms with E-state index in [9.17, 15) is 0 Å². The van der Waals surface area contributed by atoms with Crippen LogP contribution in [0.5, 0.6) is 0 Å². The van der Waals surface area contributed by atoms with Gasteiger partial charge in [-0.15, -0.1) is 17.5 Å². The Morgan fingerprint density at radius 1 is 0.646 bits per heavy atom. The first-order chi connectivity index (χ1) is 22.9. The molecule has 0 spiro atoms. The second-order valence-corrected chi connectivity index (χ2v) is 13.0. The zero-order chi connectivity index (χ0) is 31.7. The molecule has 0 aliphatic heterocycles. The van der Waals surface area contributed by atoms with Gasteiger partial charge in [0.15, 0.2) is 0 Å². The van der Waals surface area contributed by atoms with Crippen molar-refractivity contribution in [3.8, 4) is 34.2 Å². The Hall–Kier alpha value is -5.32. The summed E-state index contributed by atoms with van der Waals surface area (Å²) in [6.07, 6.45) is 1.91. The number of aromatic nitrogens is 6. The maximum atomic E-state index is 5.23. The monoisotopic (exact) mass is 801 g/mol. The van der Waals surface area contributed by atoms with E-state index in [0.29, 0.717) is 0 Å². The van der Waals surface area contributed by atoms with Crippen LogP contribution in [0.15, 0.2) is 128 Å². The molecule has 0 saturated carbocycles. The summed E-state index contributed by atoms with van der Waals surface area (Å²) < 4.78 is 4.45. The molecule has 7 heteroatoms. The summed E-state index contributed by atoms with van der Waals surface area (Å²) >= 11 is 0. The van der Waals surface area contributed by atoms with Crippen LogP contribution in [0.1, 0.15) is 26.3 Å². The van der Waals surface area contributed by atoms with Crippen molar-refractivity contribution in [3.63, 3.8) is 0 Å². The molecule has 0 fully saturated rings. The van der Waals surface area contributed by atoms with E-state index in [4.69, 9.17) is 9.97 Å². The van der Waals surface area contributed by atoms with E-state index in [-0.39, 0.29) is 26.5 Å². The summed E-state index contributed by atoms with van der Waals surface area (Å²) in [5, 5.41) is 13.5. The second kappa shape index (κ2) is 11.4. The van der Waals surface area contributed by atoms with Crippen LogP contribution in [0.25, 0.3) is 77.9 Å². The van der Waals surface area contributed by atoms with E-state index in [1.54, 1.807) is 0 Å². The van der Waals surface area contributed by atoms with Crippen LogP contribution in [-0.4, -0.2) is 24.2 Å². The molecule has 0 saturated heterocycles. The predicted octanol–water partition coefficient (Wildman–Crippen LogP) is 9.45. The molecule has 0 amide bonds. The Morgan fingerprint density at radius 2 is 1.33 bits per heavy atom. The number of nitrogens with zero attached hydrogens (tertiary/aromatic N) is 6. The number of pyridine rings is 2. The molecular weight excluding hydrogens is 772 g/mol. The first-order valence-corrected chi connectivity index (χ1v) is 15.8. The van der Waals surface area contributed by atoms with E-state index in [2.05, 4.69) is 125 Å². The van der Waals surface area contributed by atoms with Crippen molar-refractivity contribution < 1.29 is 21.1 Å². The van der Waals surface area contributed by atoms with E-state index >= 15 is 0 Å². The minimum atomic E-state index is -0.00832. The molecule has 0 aliphatic rings. The van der Waals surface area contributed by atoms with Gasteiger partial charge >= 0.3 is 21.1 Å². The zero-order valence-electron chi connectivity index (χ0n) is 26.6. The molecule has 5 aromatic heterocycles. The molecular formula is C41H30N6Pt. The van der Waals surface area contributed by atoms with Crippen LogP contribution in [0.3, 0.4) is 0 Å². The predicted molar refractivity (Wildman–Crippen MR) is 190 cm³/mol. The van der Waals surface area contributed by atoms with Crippen molar-refractivity contribution >= 4 is 43.7 Å². The molecule has 6 nitrogen and oxygen atoms in total. The summed E-state index contributed by atoms with van der Waals surface area (Å²) in [5.41, 5.74) is 9.49. The van der Waals surface area contributed by atoms with Crippen molar-refractivity contribution in [3.05, 3.63) is 139 Å². The van der Waals surface area contributed by atoms with Gasteiger partial charge in [-0.25, -0.2) is 9.97 Å². The van der Waals surface area contributed by atoms with E-state index in [1.165, 1.54) is 10.9 Å². The maximum absolute atomic E-state index is 5.23. The molecule has 5 heterocycles. The van der Waals surface area contributed by atoms with Crippen LogP contribution in [0.4, 0.5) is 0 Å². The first-order valence-electron chi connectivity index (χ1n) is 15.8. The molecule has 0 aliphatic carbocycles. The van der Waals surface area contributed by atoms with Crippen LogP contribution in [0.2, 0.25) is 0 Å². The van der Waals surface area contributed by atoms with Crippen molar-refractivity contribution in [2.45, 2.75) is 26.2 Å². The third-order valence-electron chi connectivity index (χ3n) is 9.04. The zero-order valence-corrected chi connectivity index (χ0v) is 28.9. The average Bonchev–Trinajstić information content (AvgIpc) is 3.81. The Kier molecular flexibility index (Phi) is 7.15. The standard InChI is InChI=1S/C41H30N6.Pt/c1-41(2,3)27-21-22-42-39(23-27)47-37-16-10-7-13-29(37)31-18-17-28(24-38(31)47)46-36-15-9-8-14-30(36)32-19-20-33(43-40(32)46)35-25-34(44-45-35)26-11-5-4-6-12-26;/h4-23,25H,1-3H3;/q-2;+2. The number of hydrogen-bond donors (Lipinski definition) is 0. The second-order valence-electron chi connectivity index (χ2n) is 13.0. The summed E-state index contributed by atoms with van der Waals surface area (Å²) in [6, 6.07) is 45.7. The Morgan fingerprint density at radius 3 is 2.10 bits per heavy atom. The van der Waals surface area contributed by atoms with Gasteiger partial charge in [0.25, 0.3) is 0 Å². The van der Waals surface area contributed by atoms with Crippen LogP contribution in [-0.2, 0) is 26.5 Å². The molecule has 234 valence electrons. The molecule has 0 N–H and O–H groups in total. The molecule has 9 rings (SSSR count). The van der Waals surface area contributed by atoms with Gasteiger partial charge in [0.2, 0.25) is 0 Å². The van der Waals surface area contributed by atoms with Gasteiger partial charge < -0.3 is 19.3 Å². The fraction of sp³-hybridized carbons (Fsp3) is 0.0976. The molecule has 48 heavy (non-hydrogen) atoms. The Labute approximate surface area is 292 Å². The van der Waals surface area contributed by atoms with Crippen molar-refractivity contribution in [1.29, 1.82) is 0 Å². The number of para-hydroxylation sites is 2. The molecule has 0 radical (unpaired) electrons. The summed E-state index contributed by atoms with van der Waals surface area (Å²) in [6.45, 7) is 6.69.